The van der Waals surface area contributed by atoms with Gasteiger partial charge in [-0.25, -0.2) is 4.68 Å². The maximum absolute atomic E-state index is 12.1. The van der Waals surface area contributed by atoms with Gasteiger partial charge in [0, 0.05) is 36.0 Å². The van der Waals surface area contributed by atoms with E-state index in [1.165, 1.54) is 23.9 Å². The van der Waals surface area contributed by atoms with Crippen LogP contribution in [0.4, 0.5) is 11.6 Å². The van der Waals surface area contributed by atoms with Crippen LogP contribution in [0.5, 0.6) is 0 Å². The first-order valence-corrected chi connectivity index (χ1v) is 9.93. The Balaban J connectivity index is 1.61. The lowest BCUT2D eigenvalue weighted by Gasteiger charge is -2.27. The SMILES string of the molecule is CC1=C(C(N)=O)C(c2ccncc2)n2nc(SCc3ccc([N+](=O)[O-])cc3)nc2N1. The molecule has 152 valence electrons. The predicted octanol–water partition coefficient (Wildman–Crippen LogP) is 2.65. The van der Waals surface area contributed by atoms with Crippen LogP contribution in [0.15, 0.2) is 65.2 Å². The highest BCUT2D eigenvalue weighted by atomic mass is 32.2. The molecule has 30 heavy (non-hydrogen) atoms. The number of aromatic nitrogens is 4. The zero-order valence-electron chi connectivity index (χ0n) is 15.8. The molecule has 0 radical (unpaired) electrons. The zero-order valence-corrected chi connectivity index (χ0v) is 16.7. The fraction of sp³-hybridized carbons (Fsp3) is 0.158. The third-order valence-corrected chi connectivity index (χ3v) is 5.54. The maximum atomic E-state index is 12.1. The summed E-state index contributed by atoms with van der Waals surface area (Å²) < 4.78 is 1.64. The quantitative estimate of drug-likeness (QED) is 0.350. The van der Waals surface area contributed by atoms with Crippen LogP contribution in [-0.2, 0) is 10.5 Å². The number of allylic oxidation sites excluding steroid dienone is 1. The third kappa shape index (κ3) is 3.74. The first kappa shape index (κ1) is 19.6. The second-order valence-electron chi connectivity index (χ2n) is 6.59. The molecule has 0 aliphatic carbocycles. The molecule has 1 aromatic carbocycles. The predicted molar refractivity (Wildman–Crippen MR) is 111 cm³/mol. The summed E-state index contributed by atoms with van der Waals surface area (Å²) in [7, 11) is 0. The maximum Gasteiger partial charge on any atom is 0.269 e. The van der Waals surface area contributed by atoms with Crippen molar-refractivity contribution in [3.63, 3.8) is 0 Å². The highest BCUT2D eigenvalue weighted by molar-refractivity contribution is 7.98. The van der Waals surface area contributed by atoms with E-state index in [1.807, 2.05) is 0 Å². The van der Waals surface area contributed by atoms with Crippen molar-refractivity contribution in [1.82, 2.24) is 19.7 Å². The van der Waals surface area contributed by atoms with Gasteiger partial charge in [-0.3, -0.25) is 19.9 Å². The number of rotatable bonds is 6. The van der Waals surface area contributed by atoms with Crippen molar-refractivity contribution in [3.8, 4) is 0 Å². The molecule has 1 atom stereocenters. The molecule has 3 heterocycles. The standard InChI is InChI=1S/C19H17N7O3S/c1-11-15(17(20)27)16(13-6-8-21-9-7-13)25-18(22-11)23-19(24-25)30-10-12-2-4-14(5-3-12)26(28)29/h2-9,16H,10H2,1H3,(H2,20,27)(H,22,23,24). The van der Waals surface area contributed by atoms with Gasteiger partial charge in [-0.15, -0.1) is 5.10 Å². The van der Waals surface area contributed by atoms with Gasteiger partial charge >= 0.3 is 0 Å². The lowest BCUT2D eigenvalue weighted by atomic mass is 9.96. The van der Waals surface area contributed by atoms with Crippen LogP contribution in [0.2, 0.25) is 0 Å². The summed E-state index contributed by atoms with van der Waals surface area (Å²) in [6.45, 7) is 1.77. The number of primary amides is 1. The number of hydrogen-bond donors (Lipinski definition) is 2. The molecule has 1 unspecified atom stereocenters. The average Bonchev–Trinajstić information content (AvgIpc) is 3.14. The topological polar surface area (TPSA) is 142 Å². The molecule has 1 amide bonds. The summed E-state index contributed by atoms with van der Waals surface area (Å²) in [5, 5.41) is 19.0. The molecule has 10 nitrogen and oxygen atoms in total. The number of anilines is 1. The van der Waals surface area contributed by atoms with E-state index in [0.29, 0.717) is 28.1 Å². The molecule has 0 saturated carbocycles. The Hall–Kier alpha value is -3.73. The van der Waals surface area contributed by atoms with Gasteiger partial charge in [0.25, 0.3) is 5.69 Å². The van der Waals surface area contributed by atoms with Gasteiger partial charge in [-0.2, -0.15) is 4.98 Å². The highest BCUT2D eigenvalue weighted by Crippen LogP contribution is 2.36. The monoisotopic (exact) mass is 423 g/mol. The number of hydrogen-bond acceptors (Lipinski definition) is 8. The van der Waals surface area contributed by atoms with Crippen molar-refractivity contribution in [1.29, 1.82) is 0 Å². The number of fused-ring (bicyclic) bond motifs is 1. The Morgan fingerprint density at radius 2 is 1.97 bits per heavy atom. The molecule has 3 aromatic rings. The van der Waals surface area contributed by atoms with Crippen molar-refractivity contribution in [3.05, 3.63) is 81.3 Å². The number of nitro groups is 1. The Bertz CT molecular complexity index is 1140. The van der Waals surface area contributed by atoms with Gasteiger partial charge in [0.2, 0.25) is 17.0 Å². The third-order valence-electron chi connectivity index (χ3n) is 4.64. The van der Waals surface area contributed by atoms with E-state index >= 15 is 0 Å². The van der Waals surface area contributed by atoms with Crippen LogP contribution in [-0.4, -0.2) is 30.6 Å². The second-order valence-corrected chi connectivity index (χ2v) is 7.53. The van der Waals surface area contributed by atoms with E-state index in [0.717, 1.165) is 11.1 Å². The number of carbonyl (C=O) groups excluding carboxylic acids is 1. The van der Waals surface area contributed by atoms with Crippen LogP contribution in [0.1, 0.15) is 24.1 Å². The second kappa shape index (κ2) is 7.95. The summed E-state index contributed by atoms with van der Waals surface area (Å²) in [6.07, 6.45) is 3.29. The fourth-order valence-electron chi connectivity index (χ4n) is 3.23. The number of thioether (sulfide) groups is 1. The minimum absolute atomic E-state index is 0.0456. The number of nitrogens with one attached hydrogen (secondary N) is 1. The largest absolute Gasteiger partial charge is 0.366 e. The molecule has 0 spiro atoms. The molecule has 0 bridgehead atoms. The number of amides is 1. The number of pyridine rings is 1. The molecule has 3 N–H and O–H groups in total. The van der Waals surface area contributed by atoms with Gasteiger partial charge in [0.05, 0.1) is 10.5 Å². The Morgan fingerprint density at radius 1 is 1.27 bits per heavy atom. The molecular formula is C19H17N7O3S. The number of nitro benzene ring substituents is 1. The van der Waals surface area contributed by atoms with Gasteiger partial charge in [-0.05, 0) is 30.2 Å². The number of nitrogens with zero attached hydrogens (tertiary/aromatic N) is 5. The summed E-state index contributed by atoms with van der Waals surface area (Å²) in [4.78, 5) is 31.1. The average molecular weight is 423 g/mol. The number of benzene rings is 1. The normalized spacial score (nSPS) is 15.4. The van der Waals surface area contributed by atoms with Gasteiger partial charge in [0.15, 0.2) is 0 Å². The summed E-state index contributed by atoms with van der Waals surface area (Å²) >= 11 is 1.39. The molecule has 1 aliphatic heterocycles. The smallest absolute Gasteiger partial charge is 0.269 e. The zero-order chi connectivity index (χ0) is 21.3. The van der Waals surface area contributed by atoms with Gasteiger partial charge < -0.3 is 11.1 Å². The van der Waals surface area contributed by atoms with Crippen molar-refractivity contribution in [2.45, 2.75) is 23.9 Å². The highest BCUT2D eigenvalue weighted by Gasteiger charge is 2.33. The Morgan fingerprint density at radius 3 is 2.60 bits per heavy atom. The van der Waals surface area contributed by atoms with Crippen molar-refractivity contribution in [2.75, 3.05) is 5.32 Å². The first-order chi connectivity index (χ1) is 14.4. The lowest BCUT2D eigenvalue weighted by molar-refractivity contribution is -0.384. The van der Waals surface area contributed by atoms with Crippen LogP contribution in [0, 0.1) is 10.1 Å². The molecule has 11 heteroatoms. The minimum atomic E-state index is -0.539. The van der Waals surface area contributed by atoms with E-state index in [2.05, 4.69) is 20.4 Å². The molecule has 0 fully saturated rings. The first-order valence-electron chi connectivity index (χ1n) is 8.94. The summed E-state index contributed by atoms with van der Waals surface area (Å²) in [5.41, 5.74) is 8.45. The minimum Gasteiger partial charge on any atom is -0.366 e. The molecule has 0 saturated heterocycles. The van der Waals surface area contributed by atoms with Crippen LogP contribution in [0.25, 0.3) is 0 Å². The summed E-state index contributed by atoms with van der Waals surface area (Å²) in [5.74, 6) is 0.504. The van der Waals surface area contributed by atoms with Crippen LogP contribution in [0.3, 0.4) is 0 Å². The van der Waals surface area contributed by atoms with E-state index in [9.17, 15) is 14.9 Å². The Kier molecular flexibility index (Phi) is 5.19. The molecular weight excluding hydrogens is 406 g/mol. The van der Waals surface area contributed by atoms with E-state index < -0.39 is 16.9 Å². The van der Waals surface area contributed by atoms with Crippen LogP contribution >= 0.6 is 11.8 Å². The fourth-order valence-corrected chi connectivity index (χ4v) is 4.01. The number of nitrogens with two attached hydrogens (primary N) is 1. The van der Waals surface area contributed by atoms with Gasteiger partial charge in [0.1, 0.15) is 6.04 Å². The molecule has 1 aliphatic rings. The summed E-state index contributed by atoms with van der Waals surface area (Å²) in [6, 6.07) is 9.45. The molecule has 2 aromatic heterocycles. The van der Waals surface area contributed by atoms with Crippen molar-refractivity contribution in [2.24, 2.45) is 5.73 Å². The van der Waals surface area contributed by atoms with Crippen molar-refractivity contribution < 1.29 is 9.72 Å². The molecule has 4 rings (SSSR count). The van der Waals surface area contributed by atoms with Gasteiger partial charge in [-0.1, -0.05) is 23.9 Å². The van der Waals surface area contributed by atoms with Crippen LogP contribution < -0.4 is 11.1 Å². The lowest BCUT2D eigenvalue weighted by Crippen LogP contribution is -2.31. The van der Waals surface area contributed by atoms with Crippen molar-refractivity contribution >= 4 is 29.3 Å². The number of non-ortho nitro benzene ring substituents is 1. The Labute approximate surface area is 175 Å². The van der Waals surface area contributed by atoms with E-state index in [4.69, 9.17) is 5.73 Å². The van der Waals surface area contributed by atoms with E-state index in [-0.39, 0.29) is 5.69 Å². The van der Waals surface area contributed by atoms with E-state index in [1.54, 1.807) is 48.3 Å². The number of carbonyl (C=O) groups is 1.